The molecule has 2 atom stereocenters. The maximum atomic E-state index is 13.0. The summed E-state index contributed by atoms with van der Waals surface area (Å²) in [6.07, 6.45) is -9.40. The van der Waals surface area contributed by atoms with Gasteiger partial charge in [-0.2, -0.15) is 26.3 Å². The maximum absolute atomic E-state index is 13.0. The number of benzene rings is 2. The highest BCUT2D eigenvalue weighted by Crippen LogP contribution is 2.33. The summed E-state index contributed by atoms with van der Waals surface area (Å²) in [6.45, 7) is 5.39. The number of halogens is 6. The molecule has 196 valence electrons. The third kappa shape index (κ3) is 6.92. The molecular weight excluding hydrogens is 490 g/mol. The molecule has 1 aliphatic heterocycles. The summed E-state index contributed by atoms with van der Waals surface area (Å²) in [7, 11) is 0. The van der Waals surface area contributed by atoms with Crippen LogP contribution in [0.25, 0.3) is 0 Å². The van der Waals surface area contributed by atoms with Gasteiger partial charge >= 0.3 is 18.4 Å². The lowest BCUT2D eigenvalue weighted by atomic mass is 9.85. The van der Waals surface area contributed by atoms with E-state index in [1.165, 1.54) is 17.0 Å². The molecule has 0 spiro atoms. The largest absolute Gasteiger partial charge is 0.444 e. The number of carbonyl (C=O) groups excluding carboxylic acids is 2. The summed E-state index contributed by atoms with van der Waals surface area (Å²) in [6, 6.07) is 7.57. The van der Waals surface area contributed by atoms with Crippen LogP contribution in [0.1, 0.15) is 60.2 Å². The van der Waals surface area contributed by atoms with Crippen molar-refractivity contribution in [2.45, 2.75) is 57.1 Å². The van der Waals surface area contributed by atoms with E-state index in [9.17, 15) is 35.9 Å². The quantitative estimate of drug-likeness (QED) is 0.491. The maximum Gasteiger partial charge on any atom is 0.416 e. The Morgan fingerprint density at radius 3 is 1.83 bits per heavy atom. The van der Waals surface area contributed by atoms with Gasteiger partial charge in [-0.05, 0) is 69.2 Å². The van der Waals surface area contributed by atoms with Crippen LogP contribution in [-0.4, -0.2) is 41.6 Å². The summed E-state index contributed by atoms with van der Waals surface area (Å²) < 4.78 is 83.0. The van der Waals surface area contributed by atoms with Crippen LogP contribution in [-0.2, 0) is 17.1 Å². The van der Waals surface area contributed by atoms with Crippen molar-refractivity contribution < 1.29 is 40.7 Å². The number of hydrogen-bond acceptors (Lipinski definition) is 3. The highest BCUT2D eigenvalue weighted by Gasteiger charge is 2.37. The van der Waals surface area contributed by atoms with Gasteiger partial charge in [0, 0.05) is 30.6 Å². The average molecular weight is 516 g/mol. The lowest BCUT2D eigenvalue weighted by Crippen LogP contribution is -2.52. The van der Waals surface area contributed by atoms with E-state index in [4.69, 9.17) is 4.74 Å². The summed E-state index contributed by atoms with van der Waals surface area (Å²) in [5, 5.41) is 2.77. The minimum absolute atomic E-state index is 0.00346. The first-order valence-corrected chi connectivity index (χ1v) is 11.2. The number of nitrogens with zero attached hydrogens (tertiary/aromatic N) is 1. The number of hydrogen-bond donors (Lipinski definition) is 1. The first-order chi connectivity index (χ1) is 16.5. The highest BCUT2D eigenvalue weighted by atomic mass is 19.4. The Labute approximate surface area is 204 Å². The third-order valence-electron chi connectivity index (χ3n) is 5.72. The molecule has 2 aromatic carbocycles. The number of piperidine rings is 1. The molecule has 1 N–H and O–H groups in total. The second-order valence-corrected chi connectivity index (χ2v) is 9.60. The van der Waals surface area contributed by atoms with Crippen LogP contribution >= 0.6 is 0 Å². The van der Waals surface area contributed by atoms with E-state index < -0.39 is 53.0 Å². The van der Waals surface area contributed by atoms with Gasteiger partial charge in [-0.1, -0.05) is 12.1 Å². The Hall–Kier alpha value is -3.24. The minimum atomic E-state index is -4.54. The Balaban J connectivity index is 1.83. The van der Waals surface area contributed by atoms with E-state index in [0.29, 0.717) is 5.56 Å². The normalized spacial score (nSPS) is 19.1. The van der Waals surface area contributed by atoms with Crippen molar-refractivity contribution in [2.75, 3.05) is 13.1 Å². The zero-order valence-electron chi connectivity index (χ0n) is 19.8. The van der Waals surface area contributed by atoms with Crippen molar-refractivity contribution >= 4 is 12.0 Å². The van der Waals surface area contributed by atoms with Gasteiger partial charge in [-0.3, -0.25) is 4.79 Å². The molecule has 0 aromatic heterocycles. The molecule has 0 aliphatic carbocycles. The third-order valence-corrected chi connectivity index (χ3v) is 5.72. The lowest BCUT2D eigenvalue weighted by molar-refractivity contribution is -0.138. The van der Waals surface area contributed by atoms with Gasteiger partial charge in [0.1, 0.15) is 5.60 Å². The smallest absolute Gasteiger partial charge is 0.416 e. The number of rotatable bonds is 3. The number of carbonyl (C=O) groups is 2. The van der Waals surface area contributed by atoms with Crippen molar-refractivity contribution in [3.8, 4) is 0 Å². The van der Waals surface area contributed by atoms with E-state index in [2.05, 4.69) is 5.32 Å². The Morgan fingerprint density at radius 1 is 0.861 bits per heavy atom. The second-order valence-electron chi connectivity index (χ2n) is 9.60. The topological polar surface area (TPSA) is 58.6 Å². The molecule has 2 amide bonds. The first kappa shape index (κ1) is 27.3. The van der Waals surface area contributed by atoms with Gasteiger partial charge < -0.3 is 15.0 Å². The molecule has 0 saturated carbocycles. The standard InChI is InChI=1S/C25H26F6N2O3/c1-23(2,3)36-22(35)33-13-12-20(19(14-33)15-4-8-17(9-5-15)24(26,27)28)32-21(34)16-6-10-18(11-7-16)25(29,30)31/h4-11,19-20H,12-14H2,1-3H3,(H,32,34)/t19-,20+/m0/s1. The molecule has 1 heterocycles. The molecule has 1 aliphatic rings. The zero-order chi connectivity index (χ0) is 26.9. The molecule has 0 bridgehead atoms. The van der Waals surface area contributed by atoms with Crippen LogP contribution in [0.15, 0.2) is 48.5 Å². The van der Waals surface area contributed by atoms with E-state index in [-0.39, 0.29) is 25.1 Å². The van der Waals surface area contributed by atoms with Crippen LogP contribution in [0.5, 0.6) is 0 Å². The van der Waals surface area contributed by atoms with E-state index in [1.54, 1.807) is 20.8 Å². The Bertz CT molecular complexity index is 1070. The number of alkyl halides is 6. The number of amides is 2. The monoisotopic (exact) mass is 516 g/mol. The lowest BCUT2D eigenvalue weighted by Gasteiger charge is -2.39. The second kappa shape index (κ2) is 10.0. The van der Waals surface area contributed by atoms with Crippen molar-refractivity contribution in [1.82, 2.24) is 10.2 Å². The van der Waals surface area contributed by atoms with Crippen LogP contribution in [0.2, 0.25) is 0 Å². The fraction of sp³-hybridized carbons (Fsp3) is 0.440. The van der Waals surface area contributed by atoms with E-state index >= 15 is 0 Å². The fourth-order valence-electron chi connectivity index (χ4n) is 3.94. The van der Waals surface area contributed by atoms with Crippen molar-refractivity contribution in [3.05, 3.63) is 70.8 Å². The molecule has 1 fully saturated rings. The molecule has 2 aromatic rings. The van der Waals surface area contributed by atoms with Crippen LogP contribution in [0.3, 0.4) is 0 Å². The molecule has 1 saturated heterocycles. The molecular formula is C25H26F6N2O3. The summed E-state index contributed by atoms with van der Waals surface area (Å²) in [5.41, 5.74) is -2.02. The van der Waals surface area contributed by atoms with Crippen LogP contribution < -0.4 is 5.32 Å². The van der Waals surface area contributed by atoms with E-state index in [0.717, 1.165) is 36.4 Å². The van der Waals surface area contributed by atoms with Crippen LogP contribution in [0, 0.1) is 0 Å². The van der Waals surface area contributed by atoms with Gasteiger partial charge in [-0.25, -0.2) is 4.79 Å². The van der Waals surface area contributed by atoms with Crippen molar-refractivity contribution in [1.29, 1.82) is 0 Å². The molecule has 5 nitrogen and oxygen atoms in total. The molecule has 0 radical (unpaired) electrons. The van der Waals surface area contributed by atoms with Crippen molar-refractivity contribution in [3.63, 3.8) is 0 Å². The highest BCUT2D eigenvalue weighted by molar-refractivity contribution is 5.94. The summed E-state index contributed by atoms with van der Waals surface area (Å²) >= 11 is 0. The van der Waals surface area contributed by atoms with Gasteiger partial charge in [0.05, 0.1) is 11.1 Å². The average Bonchev–Trinajstić information content (AvgIpc) is 2.77. The molecule has 0 unspecified atom stereocenters. The van der Waals surface area contributed by atoms with Crippen molar-refractivity contribution in [2.24, 2.45) is 0 Å². The molecule has 3 rings (SSSR count). The van der Waals surface area contributed by atoms with Crippen LogP contribution in [0.4, 0.5) is 31.1 Å². The fourth-order valence-corrected chi connectivity index (χ4v) is 3.94. The SMILES string of the molecule is CC(C)(C)OC(=O)N1CC[C@@H](NC(=O)c2ccc(C(F)(F)F)cc2)[C@H](c2ccc(C(F)(F)F)cc2)C1. The molecule has 11 heteroatoms. The number of nitrogens with one attached hydrogen (secondary N) is 1. The van der Waals surface area contributed by atoms with Gasteiger partial charge in [0.15, 0.2) is 0 Å². The summed E-state index contributed by atoms with van der Waals surface area (Å²) in [4.78, 5) is 26.8. The Morgan fingerprint density at radius 2 is 1.36 bits per heavy atom. The first-order valence-electron chi connectivity index (χ1n) is 11.2. The predicted molar refractivity (Wildman–Crippen MR) is 119 cm³/mol. The number of ether oxygens (including phenoxy) is 1. The predicted octanol–water partition coefficient (Wildman–Crippen LogP) is 6.25. The zero-order valence-corrected chi connectivity index (χ0v) is 19.8. The van der Waals surface area contributed by atoms with E-state index in [1.807, 2.05) is 0 Å². The minimum Gasteiger partial charge on any atom is -0.444 e. The van der Waals surface area contributed by atoms with Gasteiger partial charge in [0.25, 0.3) is 5.91 Å². The molecule has 36 heavy (non-hydrogen) atoms. The number of likely N-dealkylation sites (tertiary alicyclic amines) is 1. The Kier molecular flexibility index (Phi) is 7.61. The van der Waals surface area contributed by atoms with Gasteiger partial charge in [0.2, 0.25) is 0 Å². The summed E-state index contributed by atoms with van der Waals surface area (Å²) in [5.74, 6) is -1.21. The van der Waals surface area contributed by atoms with Gasteiger partial charge in [-0.15, -0.1) is 0 Å².